The molecule has 0 spiro atoms. The number of anilines is 1. The lowest BCUT2D eigenvalue weighted by molar-refractivity contribution is -0.384. The van der Waals surface area contributed by atoms with Crippen molar-refractivity contribution in [2.24, 2.45) is 0 Å². The summed E-state index contributed by atoms with van der Waals surface area (Å²) >= 11 is 2.32. The van der Waals surface area contributed by atoms with Crippen molar-refractivity contribution in [3.05, 3.63) is 58.1 Å². The summed E-state index contributed by atoms with van der Waals surface area (Å²) in [5.41, 5.74) is 0.829. The molecule has 0 aliphatic carbocycles. The van der Waals surface area contributed by atoms with Gasteiger partial charge in [0.05, 0.1) is 19.1 Å². The molecule has 9 heteroatoms. The maximum atomic E-state index is 12.3. The monoisotopic (exact) mass is 366 g/mol. The Balaban J connectivity index is 2.19. The number of rotatable bonds is 7. The van der Waals surface area contributed by atoms with Crippen molar-refractivity contribution in [2.75, 3.05) is 19.5 Å². The number of hydrogen-bond acceptors (Lipinski definition) is 7. The second-order valence-electron chi connectivity index (χ2n) is 4.45. The second kappa shape index (κ2) is 8.69. The fraction of sp³-hybridized carbons (Fsp3) is 0.133. The summed E-state index contributed by atoms with van der Waals surface area (Å²) < 4.78 is 10.1. The summed E-state index contributed by atoms with van der Waals surface area (Å²) in [6.07, 6.45) is 0. The Bertz CT molecular complexity index is 713. The van der Waals surface area contributed by atoms with Gasteiger partial charge in [-0.1, -0.05) is 0 Å². The van der Waals surface area contributed by atoms with E-state index in [1.54, 1.807) is 26.4 Å². The van der Waals surface area contributed by atoms with Crippen molar-refractivity contribution < 1.29 is 18.1 Å². The molecule has 0 aliphatic heterocycles. The fourth-order valence-corrected chi connectivity index (χ4v) is 3.03. The summed E-state index contributed by atoms with van der Waals surface area (Å²) in [5.74, 6) is -0.363. The van der Waals surface area contributed by atoms with Crippen LogP contribution in [0.15, 0.2) is 52.3 Å². The summed E-state index contributed by atoms with van der Waals surface area (Å²) in [7, 11) is 3.10. The number of carbonyl (C=O) groups is 1. The Morgan fingerprint density at radius 2 is 1.58 bits per heavy atom. The molecule has 0 radical (unpaired) electrons. The third kappa shape index (κ3) is 4.96. The van der Waals surface area contributed by atoms with Crippen molar-refractivity contribution in [3.63, 3.8) is 0 Å². The van der Waals surface area contributed by atoms with Crippen LogP contribution in [-0.2, 0) is 8.37 Å². The largest absolute Gasteiger partial charge is 0.322 e. The maximum absolute atomic E-state index is 12.3. The topological polar surface area (TPSA) is 90.7 Å². The van der Waals surface area contributed by atoms with Crippen molar-refractivity contribution >= 4 is 41.4 Å². The number of nitrogens with zero attached hydrogens (tertiary/aromatic N) is 1. The van der Waals surface area contributed by atoms with Crippen LogP contribution in [0.3, 0.4) is 0 Å². The molecule has 24 heavy (non-hydrogen) atoms. The second-order valence-corrected chi connectivity index (χ2v) is 6.39. The van der Waals surface area contributed by atoms with Gasteiger partial charge in [-0.15, -0.1) is 0 Å². The highest BCUT2D eigenvalue weighted by molar-refractivity contribution is 7.95. The van der Waals surface area contributed by atoms with Crippen LogP contribution >= 0.6 is 24.1 Å². The highest BCUT2D eigenvalue weighted by Gasteiger charge is 2.11. The molecule has 0 heterocycles. The Labute approximate surface area is 147 Å². The van der Waals surface area contributed by atoms with Crippen molar-refractivity contribution in [2.45, 2.75) is 9.79 Å². The van der Waals surface area contributed by atoms with E-state index in [4.69, 9.17) is 8.37 Å². The first-order valence-corrected chi connectivity index (χ1v) is 8.14. The normalized spacial score (nSPS) is 10.4. The van der Waals surface area contributed by atoms with Crippen molar-refractivity contribution in [1.82, 2.24) is 0 Å². The van der Waals surface area contributed by atoms with Crippen LogP contribution in [0.25, 0.3) is 0 Å². The minimum Gasteiger partial charge on any atom is -0.322 e. The zero-order valence-corrected chi connectivity index (χ0v) is 14.5. The number of nitrogens with one attached hydrogen (secondary N) is 1. The molecule has 0 saturated carbocycles. The maximum Gasteiger partial charge on any atom is 0.269 e. The molecule has 0 saturated heterocycles. The molecule has 0 aromatic heterocycles. The van der Waals surface area contributed by atoms with Crippen molar-refractivity contribution in [1.29, 1.82) is 0 Å². The first-order valence-electron chi connectivity index (χ1n) is 6.65. The zero-order chi connectivity index (χ0) is 17.5. The fourth-order valence-electron chi connectivity index (χ4n) is 1.87. The van der Waals surface area contributed by atoms with Crippen LogP contribution in [0.4, 0.5) is 11.4 Å². The van der Waals surface area contributed by atoms with Gasteiger partial charge >= 0.3 is 0 Å². The van der Waals surface area contributed by atoms with Crippen LogP contribution in [0.5, 0.6) is 0 Å². The van der Waals surface area contributed by atoms with E-state index in [9.17, 15) is 14.9 Å². The van der Waals surface area contributed by atoms with E-state index in [-0.39, 0.29) is 11.6 Å². The van der Waals surface area contributed by atoms with E-state index in [1.807, 2.05) is 6.07 Å². The molecular weight excluding hydrogens is 352 g/mol. The Hall–Kier alpha value is -2.07. The van der Waals surface area contributed by atoms with Gasteiger partial charge in [-0.25, -0.2) is 0 Å². The first-order chi connectivity index (χ1) is 11.5. The Morgan fingerprint density at radius 1 is 1.04 bits per heavy atom. The molecule has 0 unspecified atom stereocenters. The van der Waals surface area contributed by atoms with Crippen LogP contribution in [0, 0.1) is 10.1 Å². The van der Waals surface area contributed by atoms with Crippen LogP contribution < -0.4 is 5.32 Å². The SMILES string of the molecule is COSc1cc(NC(=O)c2ccc([N+](=O)[O-])cc2)cc(SOC)c1. The molecule has 7 nitrogen and oxygen atoms in total. The van der Waals surface area contributed by atoms with Gasteiger partial charge in [0.1, 0.15) is 0 Å². The van der Waals surface area contributed by atoms with E-state index in [1.165, 1.54) is 24.3 Å². The summed E-state index contributed by atoms with van der Waals surface area (Å²) in [5, 5.41) is 13.4. The number of carbonyl (C=O) groups excluding carboxylic acids is 1. The van der Waals surface area contributed by atoms with E-state index in [0.29, 0.717) is 11.3 Å². The molecule has 0 atom stereocenters. The average molecular weight is 366 g/mol. The van der Waals surface area contributed by atoms with E-state index in [0.717, 1.165) is 33.9 Å². The highest BCUT2D eigenvalue weighted by Crippen LogP contribution is 2.30. The quantitative estimate of drug-likeness (QED) is 0.447. The van der Waals surface area contributed by atoms with Gasteiger partial charge < -0.3 is 13.7 Å². The summed E-state index contributed by atoms with van der Waals surface area (Å²) in [4.78, 5) is 24.0. The number of nitro groups is 1. The van der Waals surface area contributed by atoms with Gasteiger partial charge in [0.15, 0.2) is 0 Å². The molecule has 0 aliphatic rings. The van der Waals surface area contributed by atoms with Gasteiger partial charge in [-0.3, -0.25) is 14.9 Å². The number of hydrogen-bond donors (Lipinski definition) is 1. The van der Waals surface area contributed by atoms with Crippen LogP contribution in [-0.4, -0.2) is 25.1 Å². The Kier molecular flexibility index (Phi) is 6.62. The number of amides is 1. The van der Waals surface area contributed by atoms with E-state index in [2.05, 4.69) is 5.32 Å². The lowest BCUT2D eigenvalue weighted by Gasteiger charge is -2.09. The van der Waals surface area contributed by atoms with Gasteiger partial charge in [-0.05, 0) is 30.3 Å². The summed E-state index contributed by atoms with van der Waals surface area (Å²) in [6.45, 7) is 0. The molecule has 126 valence electrons. The zero-order valence-electron chi connectivity index (χ0n) is 12.8. The molecule has 1 N–H and O–H groups in total. The lowest BCUT2D eigenvalue weighted by Crippen LogP contribution is -2.12. The number of non-ortho nitro benzene ring substituents is 1. The van der Waals surface area contributed by atoms with Gasteiger partial charge in [0, 0.05) is 57.3 Å². The smallest absolute Gasteiger partial charge is 0.269 e. The Morgan fingerprint density at radius 3 is 2.04 bits per heavy atom. The molecule has 2 rings (SSSR count). The number of nitro benzene ring substituents is 1. The predicted octanol–water partition coefficient (Wildman–Crippen LogP) is 4.15. The number of benzene rings is 2. The first kappa shape index (κ1) is 18.3. The minimum atomic E-state index is -0.513. The molecule has 2 aromatic carbocycles. The van der Waals surface area contributed by atoms with Gasteiger partial charge in [0.2, 0.25) is 0 Å². The molecule has 2 aromatic rings. The van der Waals surface area contributed by atoms with E-state index < -0.39 is 4.92 Å². The third-order valence-electron chi connectivity index (χ3n) is 2.84. The van der Waals surface area contributed by atoms with Crippen molar-refractivity contribution in [3.8, 4) is 0 Å². The third-order valence-corrected chi connectivity index (χ3v) is 4.03. The molecular formula is C15H14N2O5S2. The predicted molar refractivity (Wildman–Crippen MR) is 93.2 cm³/mol. The van der Waals surface area contributed by atoms with Crippen LogP contribution in [0.2, 0.25) is 0 Å². The van der Waals surface area contributed by atoms with Crippen LogP contribution in [0.1, 0.15) is 10.4 Å². The standard InChI is InChI=1S/C15H14N2O5S2/c1-21-23-13-7-11(8-14(9-13)24-22-2)16-15(18)10-3-5-12(6-4-10)17(19)20/h3-9H,1-2H3,(H,16,18). The van der Waals surface area contributed by atoms with Gasteiger partial charge in [0.25, 0.3) is 11.6 Å². The lowest BCUT2D eigenvalue weighted by atomic mass is 10.2. The molecule has 1 amide bonds. The van der Waals surface area contributed by atoms with E-state index >= 15 is 0 Å². The minimum absolute atomic E-state index is 0.0659. The summed E-state index contributed by atoms with van der Waals surface area (Å²) in [6, 6.07) is 10.8. The average Bonchev–Trinajstić information content (AvgIpc) is 2.55. The molecule has 0 fully saturated rings. The molecule has 0 bridgehead atoms. The highest BCUT2D eigenvalue weighted by atomic mass is 32.2. The van der Waals surface area contributed by atoms with Gasteiger partial charge in [-0.2, -0.15) is 0 Å².